The van der Waals surface area contributed by atoms with Crippen LogP contribution in [0.25, 0.3) is 0 Å². The van der Waals surface area contributed by atoms with E-state index in [0.717, 1.165) is 18.6 Å². The summed E-state index contributed by atoms with van der Waals surface area (Å²) in [6.07, 6.45) is 1.81. The summed E-state index contributed by atoms with van der Waals surface area (Å²) in [4.78, 5) is 0. The first-order valence-corrected chi connectivity index (χ1v) is 7.46. The quantitative estimate of drug-likeness (QED) is 0.686. The van der Waals surface area contributed by atoms with Crippen LogP contribution in [-0.4, -0.2) is 7.11 Å². The van der Waals surface area contributed by atoms with Gasteiger partial charge in [-0.25, -0.2) is 0 Å². The van der Waals surface area contributed by atoms with Gasteiger partial charge in [0.1, 0.15) is 5.75 Å². The van der Waals surface area contributed by atoms with Crippen molar-refractivity contribution in [3.63, 3.8) is 0 Å². The summed E-state index contributed by atoms with van der Waals surface area (Å²) in [6.45, 7) is 13.2. The Morgan fingerprint density at radius 2 is 1.85 bits per heavy atom. The fourth-order valence-corrected chi connectivity index (χ4v) is 2.41. The lowest BCUT2D eigenvalue weighted by atomic mass is 9.82. The zero-order valence-corrected chi connectivity index (χ0v) is 14.1. The standard InChI is InChI=1S/C19H28O/c1-8-9-10-11-15(3)16-12-14(2)13-17(18(16)20-7)19(4,5)6/h12-13,15H,8,11H2,1-7H3. The van der Waals surface area contributed by atoms with E-state index in [4.69, 9.17) is 4.74 Å². The van der Waals surface area contributed by atoms with Crippen molar-refractivity contribution in [2.45, 2.75) is 65.7 Å². The van der Waals surface area contributed by atoms with Gasteiger partial charge >= 0.3 is 0 Å². The highest BCUT2D eigenvalue weighted by Crippen LogP contribution is 2.39. The van der Waals surface area contributed by atoms with Gasteiger partial charge in [-0.05, 0) is 23.8 Å². The summed E-state index contributed by atoms with van der Waals surface area (Å²) in [5, 5.41) is 0. The Kier molecular flexibility index (Phi) is 5.69. The minimum absolute atomic E-state index is 0.0843. The van der Waals surface area contributed by atoms with E-state index in [9.17, 15) is 0 Å². The molecule has 0 aliphatic heterocycles. The Morgan fingerprint density at radius 3 is 2.35 bits per heavy atom. The molecule has 1 atom stereocenters. The number of methoxy groups -OCH3 is 1. The van der Waals surface area contributed by atoms with Crippen LogP contribution in [0.3, 0.4) is 0 Å². The molecule has 0 radical (unpaired) electrons. The third kappa shape index (κ3) is 4.04. The molecule has 1 aromatic carbocycles. The normalized spacial score (nSPS) is 12.6. The lowest BCUT2D eigenvalue weighted by Gasteiger charge is -2.26. The SMILES string of the molecule is CCC#CCC(C)c1cc(C)cc(C(C)(C)C)c1OC. The topological polar surface area (TPSA) is 9.23 Å². The van der Waals surface area contributed by atoms with Gasteiger partial charge in [-0.1, -0.05) is 52.3 Å². The monoisotopic (exact) mass is 272 g/mol. The molecule has 1 nitrogen and oxygen atoms in total. The maximum absolute atomic E-state index is 5.74. The van der Waals surface area contributed by atoms with Gasteiger partial charge < -0.3 is 4.74 Å². The predicted molar refractivity (Wildman–Crippen MR) is 87.5 cm³/mol. The van der Waals surface area contributed by atoms with Crippen LogP contribution in [0.2, 0.25) is 0 Å². The first-order chi connectivity index (χ1) is 9.31. The van der Waals surface area contributed by atoms with E-state index in [2.05, 4.69) is 65.5 Å². The summed E-state index contributed by atoms with van der Waals surface area (Å²) in [5.41, 5.74) is 3.94. The molecule has 0 aromatic heterocycles. The zero-order valence-electron chi connectivity index (χ0n) is 14.1. The van der Waals surface area contributed by atoms with Crippen LogP contribution < -0.4 is 4.74 Å². The van der Waals surface area contributed by atoms with Crippen molar-refractivity contribution in [3.8, 4) is 17.6 Å². The average Bonchev–Trinajstić information content (AvgIpc) is 2.36. The smallest absolute Gasteiger partial charge is 0.126 e. The van der Waals surface area contributed by atoms with E-state index in [-0.39, 0.29) is 5.41 Å². The lowest BCUT2D eigenvalue weighted by molar-refractivity contribution is 0.389. The first-order valence-electron chi connectivity index (χ1n) is 7.46. The van der Waals surface area contributed by atoms with Crippen molar-refractivity contribution in [2.75, 3.05) is 7.11 Å². The molecular weight excluding hydrogens is 244 g/mol. The Hall–Kier alpha value is -1.42. The fraction of sp³-hybridized carbons (Fsp3) is 0.579. The van der Waals surface area contributed by atoms with Gasteiger partial charge in [-0.2, -0.15) is 0 Å². The molecule has 0 fully saturated rings. The number of benzene rings is 1. The van der Waals surface area contributed by atoms with E-state index in [0.29, 0.717) is 5.92 Å². The lowest BCUT2D eigenvalue weighted by Crippen LogP contribution is -2.15. The van der Waals surface area contributed by atoms with E-state index in [1.807, 2.05) is 0 Å². The Balaban J connectivity index is 3.28. The van der Waals surface area contributed by atoms with Crippen LogP contribution in [-0.2, 0) is 5.41 Å². The number of aryl methyl sites for hydroxylation is 1. The third-order valence-electron chi connectivity index (χ3n) is 3.52. The second-order valence-corrected chi connectivity index (χ2v) is 6.50. The van der Waals surface area contributed by atoms with Crippen molar-refractivity contribution in [1.82, 2.24) is 0 Å². The summed E-state index contributed by atoms with van der Waals surface area (Å²) >= 11 is 0. The van der Waals surface area contributed by atoms with E-state index < -0.39 is 0 Å². The van der Waals surface area contributed by atoms with Crippen molar-refractivity contribution >= 4 is 0 Å². The Morgan fingerprint density at radius 1 is 1.20 bits per heavy atom. The molecule has 0 aliphatic rings. The minimum Gasteiger partial charge on any atom is -0.496 e. The largest absolute Gasteiger partial charge is 0.496 e. The fourth-order valence-electron chi connectivity index (χ4n) is 2.41. The molecule has 1 unspecified atom stereocenters. The van der Waals surface area contributed by atoms with Crippen LogP contribution in [0, 0.1) is 18.8 Å². The first kappa shape index (κ1) is 16.6. The summed E-state index contributed by atoms with van der Waals surface area (Å²) < 4.78 is 5.74. The van der Waals surface area contributed by atoms with Gasteiger partial charge in [0.05, 0.1) is 7.11 Å². The molecule has 0 amide bonds. The van der Waals surface area contributed by atoms with Gasteiger partial charge in [-0.15, -0.1) is 11.8 Å². The Bertz CT molecular complexity index is 509. The molecule has 0 saturated heterocycles. The van der Waals surface area contributed by atoms with Gasteiger partial charge in [0.25, 0.3) is 0 Å². The van der Waals surface area contributed by atoms with Crippen LogP contribution in [0.1, 0.15) is 70.1 Å². The molecule has 0 spiro atoms. The van der Waals surface area contributed by atoms with Crippen molar-refractivity contribution in [2.24, 2.45) is 0 Å². The van der Waals surface area contributed by atoms with Crippen molar-refractivity contribution in [1.29, 1.82) is 0 Å². The maximum atomic E-state index is 5.74. The summed E-state index contributed by atoms with van der Waals surface area (Å²) in [6, 6.07) is 4.49. The van der Waals surface area contributed by atoms with Crippen molar-refractivity contribution < 1.29 is 4.74 Å². The number of rotatable bonds is 3. The zero-order chi connectivity index (χ0) is 15.3. The molecule has 0 heterocycles. The molecule has 0 N–H and O–H groups in total. The summed E-state index contributed by atoms with van der Waals surface area (Å²) in [7, 11) is 1.77. The Labute approximate surface area is 124 Å². The highest BCUT2D eigenvalue weighted by Gasteiger charge is 2.23. The molecule has 0 saturated carbocycles. The van der Waals surface area contributed by atoms with E-state index in [1.165, 1.54) is 16.7 Å². The molecule has 0 bridgehead atoms. The van der Waals surface area contributed by atoms with E-state index in [1.54, 1.807) is 7.11 Å². The van der Waals surface area contributed by atoms with Crippen LogP contribution in [0.4, 0.5) is 0 Å². The van der Waals surface area contributed by atoms with Gasteiger partial charge in [0.15, 0.2) is 0 Å². The van der Waals surface area contributed by atoms with Gasteiger partial charge in [0, 0.05) is 18.4 Å². The summed E-state index contributed by atoms with van der Waals surface area (Å²) in [5.74, 6) is 7.84. The number of ether oxygens (including phenoxy) is 1. The molecule has 1 rings (SSSR count). The second-order valence-electron chi connectivity index (χ2n) is 6.50. The molecular formula is C19H28O. The van der Waals surface area contributed by atoms with Crippen LogP contribution in [0.15, 0.2) is 12.1 Å². The minimum atomic E-state index is 0.0843. The van der Waals surface area contributed by atoms with Crippen LogP contribution in [0.5, 0.6) is 5.75 Å². The molecule has 1 aromatic rings. The average molecular weight is 272 g/mol. The second kappa shape index (κ2) is 6.84. The van der Waals surface area contributed by atoms with Gasteiger partial charge in [-0.3, -0.25) is 0 Å². The third-order valence-corrected chi connectivity index (χ3v) is 3.52. The number of hydrogen-bond acceptors (Lipinski definition) is 1. The highest BCUT2D eigenvalue weighted by atomic mass is 16.5. The molecule has 1 heteroatoms. The molecule has 110 valence electrons. The van der Waals surface area contributed by atoms with Gasteiger partial charge in [0.2, 0.25) is 0 Å². The highest BCUT2D eigenvalue weighted by molar-refractivity contribution is 5.49. The van der Waals surface area contributed by atoms with Crippen molar-refractivity contribution in [3.05, 3.63) is 28.8 Å². The maximum Gasteiger partial charge on any atom is 0.126 e. The predicted octanol–water partition coefficient (Wildman–Crippen LogP) is 5.21. The number of hydrogen-bond donors (Lipinski definition) is 0. The van der Waals surface area contributed by atoms with Crippen LogP contribution >= 0.6 is 0 Å². The molecule has 0 aliphatic carbocycles. The molecule has 20 heavy (non-hydrogen) atoms. The van der Waals surface area contributed by atoms with E-state index >= 15 is 0 Å².